The van der Waals surface area contributed by atoms with Crippen LogP contribution in [-0.2, 0) is 4.79 Å². The third kappa shape index (κ3) is 3.89. The minimum absolute atomic E-state index is 0.119. The zero-order chi connectivity index (χ0) is 15.4. The van der Waals surface area contributed by atoms with E-state index in [-0.39, 0.29) is 17.9 Å². The number of aromatic nitrogens is 1. The van der Waals surface area contributed by atoms with Crippen LogP contribution in [0.4, 0.5) is 0 Å². The largest absolute Gasteiger partial charge is 0.346 e. The quantitative estimate of drug-likeness (QED) is 0.892. The highest BCUT2D eigenvalue weighted by molar-refractivity contribution is 7.10. The van der Waals surface area contributed by atoms with Crippen molar-refractivity contribution >= 4 is 17.2 Å². The number of hydrogen-bond acceptors (Lipinski definition) is 4. The molecule has 5 heteroatoms. The van der Waals surface area contributed by atoms with Crippen LogP contribution in [0.1, 0.15) is 31.8 Å². The first-order valence-corrected chi connectivity index (χ1v) is 7.93. The van der Waals surface area contributed by atoms with Crippen LogP contribution in [0.5, 0.6) is 0 Å². The van der Waals surface area contributed by atoms with Gasteiger partial charge in [-0.3, -0.25) is 4.79 Å². The predicted octanol–water partition coefficient (Wildman–Crippen LogP) is 2.97. The molecule has 2 rings (SSSR count). The summed E-state index contributed by atoms with van der Waals surface area (Å²) in [6.07, 6.45) is 0. The zero-order valence-electron chi connectivity index (χ0n) is 12.5. The number of carbonyl (C=O) groups excluding carboxylic acids is 1. The Morgan fingerprint density at radius 1 is 1.24 bits per heavy atom. The van der Waals surface area contributed by atoms with E-state index in [9.17, 15) is 4.79 Å². The maximum Gasteiger partial charge on any atom is 0.237 e. The molecule has 4 nitrogen and oxygen atoms in total. The third-order valence-electron chi connectivity index (χ3n) is 3.34. The van der Waals surface area contributed by atoms with Gasteiger partial charge in [-0.25, -0.2) is 4.98 Å². The lowest BCUT2D eigenvalue weighted by atomic mass is 10.0. The number of nitrogens with two attached hydrogens (primary N) is 1. The van der Waals surface area contributed by atoms with E-state index in [4.69, 9.17) is 5.73 Å². The number of benzene rings is 1. The van der Waals surface area contributed by atoms with Crippen LogP contribution < -0.4 is 11.1 Å². The van der Waals surface area contributed by atoms with Gasteiger partial charge >= 0.3 is 0 Å². The van der Waals surface area contributed by atoms with Gasteiger partial charge in [-0.15, -0.1) is 11.3 Å². The topological polar surface area (TPSA) is 68.0 Å². The Morgan fingerprint density at radius 2 is 1.90 bits per heavy atom. The highest BCUT2D eigenvalue weighted by Gasteiger charge is 2.20. The fourth-order valence-electron chi connectivity index (χ4n) is 1.90. The molecule has 112 valence electrons. The van der Waals surface area contributed by atoms with Crippen molar-refractivity contribution in [3.8, 4) is 11.3 Å². The fraction of sp³-hybridized carbons (Fsp3) is 0.375. The highest BCUT2D eigenvalue weighted by Crippen LogP contribution is 2.25. The molecule has 1 aromatic carbocycles. The van der Waals surface area contributed by atoms with Gasteiger partial charge in [0.15, 0.2) is 0 Å². The van der Waals surface area contributed by atoms with Crippen LogP contribution in [0.3, 0.4) is 0 Å². The van der Waals surface area contributed by atoms with Gasteiger partial charge in [0.2, 0.25) is 5.91 Å². The molecule has 0 radical (unpaired) electrons. The number of rotatable bonds is 5. The van der Waals surface area contributed by atoms with Crippen LogP contribution in [0.15, 0.2) is 35.7 Å². The van der Waals surface area contributed by atoms with Gasteiger partial charge in [0.25, 0.3) is 0 Å². The van der Waals surface area contributed by atoms with Gasteiger partial charge in [0.05, 0.1) is 17.8 Å². The summed E-state index contributed by atoms with van der Waals surface area (Å²) in [5.74, 6) is -0.0117. The minimum atomic E-state index is -0.485. The fourth-order valence-corrected chi connectivity index (χ4v) is 2.74. The lowest BCUT2D eigenvalue weighted by Crippen LogP contribution is -2.44. The van der Waals surface area contributed by atoms with E-state index in [1.807, 2.05) is 56.5 Å². The lowest BCUT2D eigenvalue weighted by molar-refractivity contribution is -0.123. The Labute approximate surface area is 129 Å². The minimum Gasteiger partial charge on any atom is -0.346 e. The van der Waals surface area contributed by atoms with Crippen molar-refractivity contribution in [3.63, 3.8) is 0 Å². The summed E-state index contributed by atoms with van der Waals surface area (Å²) in [4.78, 5) is 16.6. The number of amides is 1. The van der Waals surface area contributed by atoms with Crippen LogP contribution >= 0.6 is 11.3 Å². The molecule has 1 unspecified atom stereocenters. The number of hydrogen-bond donors (Lipinski definition) is 2. The third-order valence-corrected chi connectivity index (χ3v) is 4.37. The summed E-state index contributed by atoms with van der Waals surface area (Å²) in [6.45, 7) is 5.80. The van der Waals surface area contributed by atoms with Crippen molar-refractivity contribution in [1.82, 2.24) is 10.3 Å². The van der Waals surface area contributed by atoms with Crippen molar-refractivity contribution in [3.05, 3.63) is 40.7 Å². The SMILES string of the molecule is CC(NC(=O)[C@@H](N)C(C)C)c1nc(-c2ccccc2)cs1. The molecular weight excluding hydrogens is 282 g/mol. The predicted molar refractivity (Wildman–Crippen MR) is 86.9 cm³/mol. The molecule has 2 atom stereocenters. The molecule has 0 aliphatic carbocycles. The Balaban J connectivity index is 2.06. The standard InChI is InChI=1S/C16H21N3OS/c1-10(2)14(17)15(20)18-11(3)16-19-13(9-21-16)12-7-5-4-6-8-12/h4-11,14H,17H2,1-3H3,(H,18,20)/t11?,14-/m0/s1. The number of carbonyl (C=O) groups is 1. The molecule has 0 saturated heterocycles. The average Bonchev–Trinajstić information content (AvgIpc) is 2.97. The molecule has 0 aliphatic heterocycles. The maximum atomic E-state index is 12.0. The van der Waals surface area contributed by atoms with Crippen molar-refractivity contribution in [1.29, 1.82) is 0 Å². The Hall–Kier alpha value is -1.72. The van der Waals surface area contributed by atoms with Crippen LogP contribution in [-0.4, -0.2) is 16.9 Å². The normalized spacial score (nSPS) is 14.0. The Morgan fingerprint density at radius 3 is 2.52 bits per heavy atom. The molecule has 21 heavy (non-hydrogen) atoms. The highest BCUT2D eigenvalue weighted by atomic mass is 32.1. The second-order valence-electron chi connectivity index (χ2n) is 5.44. The van der Waals surface area contributed by atoms with E-state index in [1.54, 1.807) is 11.3 Å². The molecule has 1 aromatic heterocycles. The zero-order valence-corrected chi connectivity index (χ0v) is 13.4. The summed E-state index contributed by atoms with van der Waals surface area (Å²) in [6, 6.07) is 9.38. The van der Waals surface area contributed by atoms with E-state index < -0.39 is 6.04 Å². The molecule has 2 aromatic rings. The van der Waals surface area contributed by atoms with Gasteiger partial charge in [-0.1, -0.05) is 44.2 Å². The lowest BCUT2D eigenvalue weighted by Gasteiger charge is -2.18. The second-order valence-corrected chi connectivity index (χ2v) is 6.33. The van der Waals surface area contributed by atoms with Gasteiger partial charge in [-0.05, 0) is 12.8 Å². The first kappa shape index (κ1) is 15.7. The second kappa shape index (κ2) is 6.83. The van der Waals surface area contributed by atoms with Gasteiger partial charge in [0.1, 0.15) is 5.01 Å². The summed E-state index contributed by atoms with van der Waals surface area (Å²) < 4.78 is 0. The Bertz CT molecular complexity index is 595. The van der Waals surface area contributed by atoms with Crippen LogP contribution in [0, 0.1) is 5.92 Å². The number of nitrogens with zero attached hydrogens (tertiary/aromatic N) is 1. The van der Waals surface area contributed by atoms with Crippen molar-refractivity contribution in [2.24, 2.45) is 11.7 Å². The Kier molecular flexibility index (Phi) is 5.09. The van der Waals surface area contributed by atoms with E-state index >= 15 is 0 Å². The molecule has 3 N–H and O–H groups in total. The molecule has 0 bridgehead atoms. The molecule has 1 amide bonds. The monoisotopic (exact) mass is 303 g/mol. The smallest absolute Gasteiger partial charge is 0.237 e. The number of nitrogens with one attached hydrogen (secondary N) is 1. The molecule has 0 aliphatic rings. The van der Waals surface area contributed by atoms with E-state index in [0.717, 1.165) is 16.3 Å². The van der Waals surface area contributed by atoms with Crippen molar-refractivity contribution in [2.75, 3.05) is 0 Å². The first-order chi connectivity index (χ1) is 9.99. The van der Waals surface area contributed by atoms with Crippen molar-refractivity contribution < 1.29 is 4.79 Å². The van der Waals surface area contributed by atoms with Crippen molar-refractivity contribution in [2.45, 2.75) is 32.9 Å². The van der Waals surface area contributed by atoms with E-state index in [0.29, 0.717) is 0 Å². The summed E-state index contributed by atoms with van der Waals surface area (Å²) >= 11 is 1.55. The molecule has 0 fully saturated rings. The maximum absolute atomic E-state index is 12.0. The van der Waals surface area contributed by atoms with Gasteiger partial charge in [-0.2, -0.15) is 0 Å². The number of thiazole rings is 1. The molecule has 0 spiro atoms. The molecule has 1 heterocycles. The van der Waals surface area contributed by atoms with E-state index in [1.165, 1.54) is 0 Å². The summed E-state index contributed by atoms with van der Waals surface area (Å²) in [7, 11) is 0. The average molecular weight is 303 g/mol. The molecule has 0 saturated carbocycles. The van der Waals surface area contributed by atoms with Gasteiger partial charge < -0.3 is 11.1 Å². The van der Waals surface area contributed by atoms with Gasteiger partial charge in [0, 0.05) is 10.9 Å². The summed E-state index contributed by atoms with van der Waals surface area (Å²) in [5.41, 5.74) is 7.87. The molecular formula is C16H21N3OS. The summed E-state index contributed by atoms with van der Waals surface area (Å²) in [5, 5.41) is 5.82. The van der Waals surface area contributed by atoms with Crippen LogP contribution in [0.2, 0.25) is 0 Å². The first-order valence-electron chi connectivity index (χ1n) is 7.06. The van der Waals surface area contributed by atoms with Crippen LogP contribution in [0.25, 0.3) is 11.3 Å². The van der Waals surface area contributed by atoms with E-state index in [2.05, 4.69) is 10.3 Å².